The summed E-state index contributed by atoms with van der Waals surface area (Å²) in [7, 11) is 0. The van der Waals surface area contributed by atoms with Gasteiger partial charge in [-0.25, -0.2) is 14.0 Å². The number of aryl methyl sites for hydroxylation is 1. The molecule has 2 atom stereocenters. The normalized spacial score (nSPS) is 17.4. The number of carbonyl (C=O) groups is 2. The van der Waals surface area contributed by atoms with Gasteiger partial charge in [-0.15, -0.1) is 0 Å². The average molecular weight is 641 g/mol. The number of benzene rings is 3. The third-order valence-corrected chi connectivity index (χ3v) is 9.43. The Labute approximate surface area is 279 Å². The summed E-state index contributed by atoms with van der Waals surface area (Å²) in [6.45, 7) is 12.7. The van der Waals surface area contributed by atoms with E-state index in [-0.39, 0.29) is 36.4 Å². The first-order valence-electron chi connectivity index (χ1n) is 16.9. The molecule has 0 aliphatic heterocycles. The van der Waals surface area contributed by atoms with E-state index in [1.54, 1.807) is 13.0 Å². The number of esters is 2. The first kappa shape index (κ1) is 35.8. The van der Waals surface area contributed by atoms with Gasteiger partial charge in [-0.1, -0.05) is 93.6 Å². The molecular weight excluding hydrogens is 591 g/mol. The predicted octanol–water partition coefficient (Wildman–Crippen LogP) is 9.38. The van der Waals surface area contributed by atoms with E-state index in [9.17, 15) is 14.7 Å². The first-order chi connectivity index (χ1) is 22.6. The third-order valence-electron chi connectivity index (χ3n) is 9.43. The molecule has 1 aliphatic rings. The maximum Gasteiger partial charge on any atom is 0.336 e. The molecule has 0 spiro atoms. The molecular formula is C41H49FO5. The molecule has 0 saturated heterocycles. The minimum atomic E-state index is -0.995. The van der Waals surface area contributed by atoms with Crippen molar-refractivity contribution in [3.63, 3.8) is 0 Å². The van der Waals surface area contributed by atoms with Crippen molar-refractivity contribution in [3.8, 4) is 22.3 Å². The van der Waals surface area contributed by atoms with Gasteiger partial charge >= 0.3 is 11.9 Å². The zero-order chi connectivity index (χ0) is 33.9. The molecule has 3 aromatic rings. The zero-order valence-corrected chi connectivity index (χ0v) is 28.1. The molecule has 2 unspecified atom stereocenters. The van der Waals surface area contributed by atoms with E-state index in [1.165, 1.54) is 37.3 Å². The van der Waals surface area contributed by atoms with Crippen LogP contribution in [0.25, 0.3) is 22.3 Å². The third kappa shape index (κ3) is 9.98. The van der Waals surface area contributed by atoms with Crippen LogP contribution in [0.4, 0.5) is 4.39 Å². The molecule has 0 aromatic heterocycles. The number of hydrogen-bond donors (Lipinski definition) is 1. The van der Waals surface area contributed by atoms with Crippen molar-refractivity contribution in [2.24, 2.45) is 11.8 Å². The minimum absolute atomic E-state index is 0.00342. The Kier molecular flexibility index (Phi) is 13.1. The molecule has 3 aromatic carbocycles. The Bertz CT molecular complexity index is 1510. The lowest BCUT2D eigenvalue weighted by Crippen LogP contribution is -2.31. The van der Waals surface area contributed by atoms with Gasteiger partial charge < -0.3 is 14.6 Å². The van der Waals surface area contributed by atoms with Gasteiger partial charge in [0.05, 0.1) is 24.9 Å². The highest BCUT2D eigenvalue weighted by Gasteiger charge is 2.31. The SMILES string of the molecule is C=C(C)C(=O)OCC(COC(=O)C(=C)C(C)O)C1CCC(c2ccc(-c3ccc(-c4ccc(CCCCC)cc4)c(F)c3)cc2)CC1. The van der Waals surface area contributed by atoms with Crippen LogP contribution in [0.15, 0.2) is 91.0 Å². The molecule has 0 heterocycles. The van der Waals surface area contributed by atoms with Gasteiger partial charge in [-0.3, -0.25) is 0 Å². The second kappa shape index (κ2) is 17.2. The fraction of sp³-hybridized carbons (Fsp3) is 0.415. The number of unbranched alkanes of at least 4 members (excludes halogenated alkanes) is 2. The molecule has 5 nitrogen and oxygen atoms in total. The highest BCUT2D eigenvalue weighted by Crippen LogP contribution is 2.40. The lowest BCUT2D eigenvalue weighted by Gasteiger charge is -2.33. The summed E-state index contributed by atoms with van der Waals surface area (Å²) in [6, 6.07) is 22.1. The van der Waals surface area contributed by atoms with Gasteiger partial charge in [-0.05, 0) is 98.1 Å². The standard InChI is InChI=1S/C41H49FO5/c1-6-7-8-9-30-10-12-35(13-11-30)38-23-22-36(24-39(38)42)33-18-14-31(15-19-33)32-16-20-34(21-17-32)37(25-46-40(44)27(2)3)26-47-41(45)28(4)29(5)43/h10-15,18-19,22-24,29,32,34,37,43H,2,4,6-9,16-17,20-21,25-26H2,1,3,5H3. The molecule has 1 fully saturated rings. The van der Waals surface area contributed by atoms with E-state index in [0.717, 1.165) is 48.8 Å². The number of hydrogen-bond acceptors (Lipinski definition) is 5. The molecule has 1 N–H and O–H groups in total. The van der Waals surface area contributed by atoms with E-state index in [4.69, 9.17) is 9.47 Å². The molecule has 0 radical (unpaired) electrons. The van der Waals surface area contributed by atoms with Crippen LogP contribution in [0.1, 0.15) is 82.8 Å². The van der Waals surface area contributed by atoms with Gasteiger partial charge in [0.2, 0.25) is 0 Å². The average Bonchev–Trinajstić information content (AvgIpc) is 3.08. The molecule has 0 bridgehead atoms. The van der Waals surface area contributed by atoms with E-state index in [1.807, 2.05) is 24.3 Å². The Morgan fingerprint density at radius 3 is 2.02 bits per heavy atom. The van der Waals surface area contributed by atoms with E-state index < -0.39 is 18.0 Å². The molecule has 1 aliphatic carbocycles. The molecule has 47 heavy (non-hydrogen) atoms. The highest BCUT2D eigenvalue weighted by molar-refractivity contribution is 5.88. The molecule has 6 heteroatoms. The summed E-state index contributed by atoms with van der Waals surface area (Å²) >= 11 is 0. The zero-order valence-electron chi connectivity index (χ0n) is 28.1. The van der Waals surface area contributed by atoms with Crippen LogP contribution < -0.4 is 0 Å². The fourth-order valence-corrected chi connectivity index (χ4v) is 6.30. The Morgan fingerprint density at radius 2 is 1.45 bits per heavy atom. The smallest absolute Gasteiger partial charge is 0.336 e. The van der Waals surface area contributed by atoms with Gasteiger partial charge in [0, 0.05) is 17.1 Å². The maximum absolute atomic E-state index is 15.3. The van der Waals surface area contributed by atoms with E-state index in [0.29, 0.717) is 17.1 Å². The van der Waals surface area contributed by atoms with Crippen molar-refractivity contribution in [2.75, 3.05) is 13.2 Å². The second-order valence-corrected chi connectivity index (χ2v) is 13.0. The first-order valence-corrected chi connectivity index (χ1v) is 16.9. The van der Waals surface area contributed by atoms with Gasteiger partial charge in [0.1, 0.15) is 5.82 Å². The largest absolute Gasteiger partial charge is 0.462 e. The lowest BCUT2D eigenvalue weighted by molar-refractivity contribution is -0.146. The Hall–Kier alpha value is -4.03. The highest BCUT2D eigenvalue weighted by atomic mass is 19.1. The number of halogens is 1. The van der Waals surface area contributed by atoms with Crippen molar-refractivity contribution in [3.05, 3.63) is 108 Å². The lowest BCUT2D eigenvalue weighted by atomic mass is 9.74. The monoisotopic (exact) mass is 640 g/mol. The van der Waals surface area contributed by atoms with Crippen molar-refractivity contribution >= 4 is 11.9 Å². The Morgan fingerprint density at radius 1 is 0.851 bits per heavy atom. The summed E-state index contributed by atoms with van der Waals surface area (Å²) in [5.74, 6) is -0.937. The van der Waals surface area contributed by atoms with Gasteiger partial charge in [-0.2, -0.15) is 0 Å². The number of rotatable bonds is 15. The van der Waals surface area contributed by atoms with Crippen molar-refractivity contribution in [1.82, 2.24) is 0 Å². The molecule has 1 saturated carbocycles. The fourth-order valence-electron chi connectivity index (χ4n) is 6.30. The van der Waals surface area contributed by atoms with Gasteiger partial charge in [0.15, 0.2) is 0 Å². The Balaban J connectivity index is 1.36. The summed E-state index contributed by atoms with van der Waals surface area (Å²) in [4.78, 5) is 24.4. The van der Waals surface area contributed by atoms with Crippen LogP contribution in [0.2, 0.25) is 0 Å². The number of ether oxygens (including phenoxy) is 2. The van der Waals surface area contributed by atoms with Gasteiger partial charge in [0.25, 0.3) is 0 Å². The molecule has 4 rings (SSSR count). The molecule has 0 amide bonds. The quantitative estimate of drug-likeness (QED) is 0.102. The van der Waals surface area contributed by atoms with E-state index >= 15 is 4.39 Å². The number of aliphatic hydroxyl groups is 1. The summed E-state index contributed by atoms with van der Waals surface area (Å²) < 4.78 is 26.2. The summed E-state index contributed by atoms with van der Waals surface area (Å²) in [6.07, 6.45) is 7.34. The second-order valence-electron chi connectivity index (χ2n) is 13.0. The number of carbonyl (C=O) groups excluding carboxylic acids is 2. The predicted molar refractivity (Wildman–Crippen MR) is 186 cm³/mol. The maximum atomic E-state index is 15.3. The summed E-state index contributed by atoms with van der Waals surface area (Å²) in [5.41, 5.74) is 6.16. The van der Waals surface area contributed by atoms with E-state index in [2.05, 4.69) is 56.5 Å². The van der Waals surface area contributed by atoms with Crippen LogP contribution in [-0.2, 0) is 25.5 Å². The van der Waals surface area contributed by atoms with Crippen LogP contribution in [-0.4, -0.2) is 36.4 Å². The topological polar surface area (TPSA) is 72.8 Å². The van der Waals surface area contributed by atoms with Crippen LogP contribution in [0.3, 0.4) is 0 Å². The minimum Gasteiger partial charge on any atom is -0.462 e. The van der Waals surface area contributed by atoms with Crippen molar-refractivity contribution in [2.45, 2.75) is 84.2 Å². The van der Waals surface area contributed by atoms with Crippen LogP contribution in [0.5, 0.6) is 0 Å². The van der Waals surface area contributed by atoms with Crippen molar-refractivity contribution in [1.29, 1.82) is 0 Å². The molecule has 250 valence electrons. The van der Waals surface area contributed by atoms with Crippen molar-refractivity contribution < 1.29 is 28.6 Å². The van der Waals surface area contributed by atoms with Crippen LogP contribution in [0, 0.1) is 17.7 Å². The van der Waals surface area contributed by atoms with Crippen LogP contribution >= 0.6 is 0 Å². The summed E-state index contributed by atoms with van der Waals surface area (Å²) in [5, 5.41) is 9.67. The number of aliphatic hydroxyl groups excluding tert-OH is 1.